The monoisotopic (exact) mass is 282 g/mol. The minimum atomic E-state index is -0.324. The highest BCUT2D eigenvalue weighted by molar-refractivity contribution is 5.14. The Bertz CT molecular complexity index is 415. The molecule has 114 valence electrons. The molecule has 1 aromatic rings. The van der Waals surface area contributed by atoms with Gasteiger partial charge in [-0.1, -0.05) is 0 Å². The predicted octanol–water partition coefficient (Wildman–Crippen LogP) is -0.147. The molecule has 1 aliphatic heterocycles. The van der Waals surface area contributed by atoms with Crippen LogP contribution in [0.3, 0.4) is 0 Å². The van der Waals surface area contributed by atoms with Crippen LogP contribution in [0.1, 0.15) is 11.3 Å². The summed E-state index contributed by atoms with van der Waals surface area (Å²) in [5.74, 6) is 0. The van der Waals surface area contributed by atoms with Crippen LogP contribution in [-0.4, -0.2) is 77.2 Å². The van der Waals surface area contributed by atoms with Gasteiger partial charge in [-0.3, -0.25) is 14.5 Å². The Kier molecular flexibility index (Phi) is 5.54. The molecule has 1 fully saturated rings. The first-order valence-corrected chi connectivity index (χ1v) is 7.20. The average molecular weight is 282 g/mol. The smallest absolute Gasteiger partial charge is 0.0793 e. The lowest BCUT2D eigenvalue weighted by atomic mass is 10.2. The minimum Gasteiger partial charge on any atom is -0.390 e. The van der Waals surface area contributed by atoms with Gasteiger partial charge < -0.3 is 9.84 Å². The predicted molar refractivity (Wildman–Crippen MR) is 77.5 cm³/mol. The van der Waals surface area contributed by atoms with Crippen LogP contribution in [0, 0.1) is 6.92 Å². The number of morpholine rings is 1. The first kappa shape index (κ1) is 15.4. The lowest BCUT2D eigenvalue weighted by Crippen LogP contribution is -2.43. The SMILES string of the molecule is Cc1nn(C)cc1CN(C)CC(O)CN1CCOCC1. The Morgan fingerprint density at radius 3 is 2.75 bits per heavy atom. The Labute approximate surface area is 120 Å². The number of β-amino-alcohol motifs (C(OH)–C–C–N with tert-alkyl or cyclic N) is 1. The van der Waals surface area contributed by atoms with Crippen molar-refractivity contribution in [1.29, 1.82) is 0 Å². The molecule has 1 aliphatic rings. The summed E-state index contributed by atoms with van der Waals surface area (Å²) in [5.41, 5.74) is 2.27. The number of aliphatic hydroxyl groups is 1. The van der Waals surface area contributed by atoms with Gasteiger partial charge in [0.2, 0.25) is 0 Å². The Hall–Kier alpha value is -0.950. The van der Waals surface area contributed by atoms with Crippen LogP contribution in [0.2, 0.25) is 0 Å². The van der Waals surface area contributed by atoms with Crippen molar-refractivity contribution in [2.24, 2.45) is 7.05 Å². The number of aryl methyl sites for hydroxylation is 2. The van der Waals surface area contributed by atoms with Crippen LogP contribution in [0.25, 0.3) is 0 Å². The van der Waals surface area contributed by atoms with E-state index in [1.165, 1.54) is 5.56 Å². The number of aliphatic hydroxyl groups excluding tert-OH is 1. The van der Waals surface area contributed by atoms with Crippen molar-refractivity contribution in [3.63, 3.8) is 0 Å². The lowest BCUT2D eigenvalue weighted by molar-refractivity contribution is 0.00824. The number of ether oxygens (including phenoxy) is 1. The van der Waals surface area contributed by atoms with Gasteiger partial charge >= 0.3 is 0 Å². The van der Waals surface area contributed by atoms with Crippen LogP contribution in [0.4, 0.5) is 0 Å². The van der Waals surface area contributed by atoms with Crippen molar-refractivity contribution in [3.05, 3.63) is 17.5 Å². The Morgan fingerprint density at radius 2 is 2.15 bits per heavy atom. The van der Waals surface area contributed by atoms with Gasteiger partial charge in [0.25, 0.3) is 0 Å². The highest BCUT2D eigenvalue weighted by Crippen LogP contribution is 2.08. The number of hydrogen-bond donors (Lipinski definition) is 1. The van der Waals surface area contributed by atoms with E-state index >= 15 is 0 Å². The first-order valence-electron chi connectivity index (χ1n) is 7.20. The molecule has 0 amide bonds. The zero-order valence-electron chi connectivity index (χ0n) is 12.7. The number of aromatic nitrogens is 2. The second-order valence-electron chi connectivity index (χ2n) is 5.68. The van der Waals surface area contributed by atoms with Crippen molar-refractivity contribution in [2.45, 2.75) is 19.6 Å². The molecular weight excluding hydrogens is 256 g/mol. The van der Waals surface area contributed by atoms with Gasteiger partial charge in [0.05, 0.1) is 25.0 Å². The molecule has 0 spiro atoms. The molecule has 0 bridgehead atoms. The molecule has 0 aromatic carbocycles. The van der Waals surface area contributed by atoms with Gasteiger partial charge in [-0.2, -0.15) is 5.10 Å². The summed E-state index contributed by atoms with van der Waals surface area (Å²) in [4.78, 5) is 4.41. The van der Waals surface area contributed by atoms with Gasteiger partial charge in [0.1, 0.15) is 0 Å². The highest BCUT2D eigenvalue weighted by atomic mass is 16.5. The van der Waals surface area contributed by atoms with E-state index in [-0.39, 0.29) is 6.10 Å². The largest absolute Gasteiger partial charge is 0.390 e. The second-order valence-corrected chi connectivity index (χ2v) is 5.68. The van der Waals surface area contributed by atoms with Crippen molar-refractivity contribution in [1.82, 2.24) is 19.6 Å². The molecule has 1 N–H and O–H groups in total. The number of likely N-dealkylation sites (N-methyl/N-ethyl adjacent to an activating group) is 1. The van der Waals surface area contributed by atoms with Crippen molar-refractivity contribution in [2.75, 3.05) is 46.4 Å². The van der Waals surface area contributed by atoms with Crippen LogP contribution in [-0.2, 0) is 18.3 Å². The van der Waals surface area contributed by atoms with E-state index in [0.717, 1.165) is 45.1 Å². The first-order chi connectivity index (χ1) is 9.54. The van der Waals surface area contributed by atoms with Crippen molar-refractivity contribution in [3.8, 4) is 0 Å². The van der Waals surface area contributed by atoms with E-state index in [4.69, 9.17) is 4.74 Å². The fraction of sp³-hybridized carbons (Fsp3) is 0.786. The van der Waals surface area contributed by atoms with Gasteiger partial charge in [-0.15, -0.1) is 0 Å². The molecular formula is C14H26N4O2. The molecule has 2 rings (SSSR count). The van der Waals surface area contributed by atoms with E-state index in [2.05, 4.69) is 14.9 Å². The zero-order valence-corrected chi connectivity index (χ0v) is 12.7. The van der Waals surface area contributed by atoms with Gasteiger partial charge in [0.15, 0.2) is 0 Å². The standard InChI is InChI=1S/C14H26N4O2/c1-12-13(9-17(3)15-12)8-16(2)10-14(19)11-18-4-6-20-7-5-18/h9,14,19H,4-8,10-11H2,1-3H3. The van der Waals surface area contributed by atoms with E-state index in [1.54, 1.807) is 0 Å². The topological polar surface area (TPSA) is 53.8 Å². The molecule has 1 saturated heterocycles. The van der Waals surface area contributed by atoms with E-state index in [1.807, 2.05) is 31.9 Å². The van der Waals surface area contributed by atoms with Crippen LogP contribution in [0.5, 0.6) is 0 Å². The van der Waals surface area contributed by atoms with Gasteiger partial charge in [-0.25, -0.2) is 0 Å². The fourth-order valence-corrected chi connectivity index (χ4v) is 2.66. The third-order valence-corrected chi connectivity index (χ3v) is 3.65. The maximum atomic E-state index is 10.2. The van der Waals surface area contributed by atoms with Crippen LogP contribution in [0.15, 0.2) is 6.20 Å². The summed E-state index contributed by atoms with van der Waals surface area (Å²) in [5, 5.41) is 14.5. The molecule has 6 nitrogen and oxygen atoms in total. The Balaban J connectivity index is 1.75. The molecule has 20 heavy (non-hydrogen) atoms. The number of nitrogens with zero attached hydrogens (tertiary/aromatic N) is 4. The maximum absolute atomic E-state index is 10.2. The second kappa shape index (κ2) is 7.17. The molecule has 1 atom stereocenters. The summed E-state index contributed by atoms with van der Waals surface area (Å²) in [6, 6.07) is 0. The Morgan fingerprint density at radius 1 is 1.45 bits per heavy atom. The molecule has 1 aromatic heterocycles. The molecule has 1 unspecified atom stereocenters. The number of hydrogen-bond acceptors (Lipinski definition) is 5. The summed E-state index contributed by atoms with van der Waals surface area (Å²) in [6.45, 7) is 7.62. The molecule has 2 heterocycles. The minimum absolute atomic E-state index is 0.324. The maximum Gasteiger partial charge on any atom is 0.0793 e. The fourth-order valence-electron chi connectivity index (χ4n) is 2.66. The van der Waals surface area contributed by atoms with E-state index < -0.39 is 0 Å². The highest BCUT2D eigenvalue weighted by Gasteiger charge is 2.16. The number of rotatable bonds is 6. The molecule has 6 heteroatoms. The quantitative estimate of drug-likeness (QED) is 0.787. The normalized spacial score (nSPS) is 18.6. The molecule has 0 saturated carbocycles. The lowest BCUT2D eigenvalue weighted by Gasteiger charge is -2.30. The summed E-state index contributed by atoms with van der Waals surface area (Å²) in [7, 11) is 3.97. The van der Waals surface area contributed by atoms with E-state index in [0.29, 0.717) is 6.54 Å². The van der Waals surface area contributed by atoms with Crippen molar-refractivity contribution < 1.29 is 9.84 Å². The summed E-state index contributed by atoms with van der Waals surface area (Å²) in [6.07, 6.45) is 1.72. The molecule has 0 radical (unpaired) electrons. The van der Waals surface area contributed by atoms with E-state index in [9.17, 15) is 5.11 Å². The van der Waals surface area contributed by atoms with Gasteiger partial charge in [-0.05, 0) is 14.0 Å². The zero-order chi connectivity index (χ0) is 14.5. The summed E-state index contributed by atoms with van der Waals surface area (Å²) >= 11 is 0. The van der Waals surface area contributed by atoms with Gasteiger partial charge in [0, 0.05) is 51.5 Å². The molecule has 0 aliphatic carbocycles. The average Bonchev–Trinajstić information content (AvgIpc) is 2.68. The van der Waals surface area contributed by atoms with Crippen LogP contribution < -0.4 is 0 Å². The summed E-state index contributed by atoms with van der Waals surface area (Å²) < 4.78 is 7.15. The van der Waals surface area contributed by atoms with Crippen LogP contribution >= 0.6 is 0 Å². The third kappa shape index (κ3) is 4.56. The van der Waals surface area contributed by atoms with Crippen molar-refractivity contribution >= 4 is 0 Å². The third-order valence-electron chi connectivity index (χ3n) is 3.65.